The molecule has 0 aromatic heterocycles. The van der Waals surface area contributed by atoms with Crippen LogP contribution in [0.1, 0.15) is 51.9 Å². The summed E-state index contributed by atoms with van der Waals surface area (Å²) in [4.78, 5) is 11.2. The van der Waals surface area contributed by atoms with Gasteiger partial charge in [0.1, 0.15) is 25.1 Å². The molecule has 1 heterocycles. The molecule has 0 bridgehead atoms. The third kappa shape index (κ3) is 7.09. The molecule has 0 saturated carbocycles. The van der Waals surface area contributed by atoms with Gasteiger partial charge in [-0.05, 0) is 49.0 Å². The topological polar surface area (TPSA) is 65.0 Å². The fraction of sp³-hybridized carbons (Fsp3) is 0.591. The fourth-order valence-electron chi connectivity index (χ4n) is 3.28. The molecule has 150 valence electrons. The lowest BCUT2D eigenvalue weighted by molar-refractivity contribution is -0.139. The second kappa shape index (κ2) is 11.9. The van der Waals surface area contributed by atoms with Crippen LogP contribution in [-0.4, -0.2) is 43.3 Å². The Morgan fingerprint density at radius 1 is 1.33 bits per heavy atom. The minimum Gasteiger partial charge on any atom is -0.458 e. The molecule has 2 rings (SSSR count). The van der Waals surface area contributed by atoms with Crippen molar-refractivity contribution in [2.45, 2.75) is 70.2 Å². The zero-order valence-corrected chi connectivity index (χ0v) is 16.4. The summed E-state index contributed by atoms with van der Waals surface area (Å²) in [6, 6.07) is 0. The molecule has 0 spiro atoms. The molecular formula is C22H32O5. The summed E-state index contributed by atoms with van der Waals surface area (Å²) >= 11 is 0. The third-order valence-corrected chi connectivity index (χ3v) is 4.72. The standard InChI is InChI=1S/C22H32O5/c1-3-4-5-6-7-8-10-17-15-20(23)22(26-16-25-2)19(17)12-9-11-18-13-14-21(24)27-18/h7-9,11-12,15,18,20,22-23H,3-6,10,13-14,16H2,1-2H3/b8-7-,11-9+,19-12-/t18-,20+,22-/m0/s1. The van der Waals surface area contributed by atoms with E-state index in [2.05, 4.69) is 19.1 Å². The van der Waals surface area contributed by atoms with E-state index in [4.69, 9.17) is 14.2 Å². The number of ether oxygens (including phenoxy) is 3. The predicted octanol–water partition coefficient (Wildman–Crippen LogP) is 3.99. The summed E-state index contributed by atoms with van der Waals surface area (Å²) in [6.45, 7) is 2.32. The highest BCUT2D eigenvalue weighted by Gasteiger charge is 2.31. The molecule has 1 aliphatic heterocycles. The van der Waals surface area contributed by atoms with Crippen molar-refractivity contribution in [2.24, 2.45) is 0 Å². The summed E-state index contributed by atoms with van der Waals surface area (Å²) in [5.74, 6) is -0.149. The maximum atomic E-state index is 11.2. The fourth-order valence-corrected chi connectivity index (χ4v) is 3.28. The number of cyclic esters (lactones) is 1. The van der Waals surface area contributed by atoms with Gasteiger partial charge in [-0.2, -0.15) is 0 Å². The lowest BCUT2D eigenvalue weighted by atomic mass is 10.0. The van der Waals surface area contributed by atoms with E-state index < -0.39 is 12.2 Å². The number of esters is 1. The van der Waals surface area contributed by atoms with Gasteiger partial charge in [-0.15, -0.1) is 0 Å². The van der Waals surface area contributed by atoms with E-state index in [0.29, 0.717) is 12.8 Å². The predicted molar refractivity (Wildman–Crippen MR) is 105 cm³/mol. The van der Waals surface area contributed by atoms with Crippen LogP contribution in [0.5, 0.6) is 0 Å². The minimum absolute atomic E-state index is 0.122. The van der Waals surface area contributed by atoms with Crippen LogP contribution in [-0.2, 0) is 19.0 Å². The lowest BCUT2D eigenvalue weighted by Crippen LogP contribution is -2.26. The first-order valence-electron chi connectivity index (χ1n) is 9.88. The number of rotatable bonds is 11. The first-order valence-corrected chi connectivity index (χ1v) is 9.88. The number of carbonyl (C=O) groups excluding carboxylic acids is 1. The summed E-state index contributed by atoms with van der Waals surface area (Å²) in [5, 5.41) is 10.4. The molecule has 5 heteroatoms. The molecule has 0 aromatic rings. The number of aliphatic hydroxyl groups excluding tert-OH is 1. The first kappa shape index (κ1) is 21.6. The van der Waals surface area contributed by atoms with Gasteiger partial charge in [0, 0.05) is 13.5 Å². The smallest absolute Gasteiger partial charge is 0.306 e. The Morgan fingerprint density at radius 2 is 2.19 bits per heavy atom. The van der Waals surface area contributed by atoms with Crippen molar-refractivity contribution < 1.29 is 24.1 Å². The molecule has 0 radical (unpaired) electrons. The van der Waals surface area contributed by atoms with E-state index in [1.54, 1.807) is 7.11 Å². The number of allylic oxidation sites excluding steroid dienone is 4. The van der Waals surface area contributed by atoms with Gasteiger partial charge in [0.15, 0.2) is 0 Å². The number of hydrogen-bond donors (Lipinski definition) is 1. The zero-order chi connectivity index (χ0) is 19.5. The van der Waals surface area contributed by atoms with E-state index >= 15 is 0 Å². The molecule has 0 unspecified atom stereocenters. The largest absolute Gasteiger partial charge is 0.458 e. The van der Waals surface area contributed by atoms with Crippen molar-refractivity contribution in [3.05, 3.63) is 47.6 Å². The number of methoxy groups -OCH3 is 1. The van der Waals surface area contributed by atoms with Crippen LogP contribution in [0.15, 0.2) is 47.6 Å². The van der Waals surface area contributed by atoms with Crippen LogP contribution >= 0.6 is 0 Å². The maximum Gasteiger partial charge on any atom is 0.306 e. The average molecular weight is 376 g/mol. The Bertz CT molecular complexity index is 588. The van der Waals surface area contributed by atoms with Crippen molar-refractivity contribution in [3.8, 4) is 0 Å². The molecule has 2 aliphatic rings. The number of unbranched alkanes of at least 4 members (excludes halogenated alkanes) is 3. The van der Waals surface area contributed by atoms with Crippen molar-refractivity contribution >= 4 is 5.97 Å². The van der Waals surface area contributed by atoms with Crippen LogP contribution < -0.4 is 0 Å². The van der Waals surface area contributed by atoms with Gasteiger partial charge in [-0.25, -0.2) is 0 Å². The third-order valence-electron chi connectivity index (χ3n) is 4.72. The Hall–Kier alpha value is -1.69. The first-order chi connectivity index (χ1) is 13.2. The van der Waals surface area contributed by atoms with Gasteiger partial charge in [0.2, 0.25) is 0 Å². The van der Waals surface area contributed by atoms with Crippen molar-refractivity contribution in [3.63, 3.8) is 0 Å². The van der Waals surface area contributed by atoms with Gasteiger partial charge in [-0.1, -0.05) is 44.1 Å². The molecule has 1 fully saturated rings. The monoisotopic (exact) mass is 376 g/mol. The van der Waals surface area contributed by atoms with Crippen molar-refractivity contribution in [1.29, 1.82) is 0 Å². The van der Waals surface area contributed by atoms with Crippen LogP contribution in [0.2, 0.25) is 0 Å². The van der Waals surface area contributed by atoms with Crippen molar-refractivity contribution in [2.75, 3.05) is 13.9 Å². The second-order valence-electron chi connectivity index (χ2n) is 6.92. The molecule has 1 aliphatic carbocycles. The normalized spacial score (nSPS) is 27.2. The summed E-state index contributed by atoms with van der Waals surface area (Å²) in [7, 11) is 1.56. The molecule has 1 saturated heterocycles. The highest BCUT2D eigenvalue weighted by Crippen LogP contribution is 2.31. The van der Waals surface area contributed by atoms with Crippen LogP contribution in [0.3, 0.4) is 0 Å². The number of hydrogen-bond acceptors (Lipinski definition) is 5. The van der Waals surface area contributed by atoms with E-state index in [1.165, 1.54) is 19.3 Å². The van der Waals surface area contributed by atoms with Crippen LogP contribution in [0.25, 0.3) is 0 Å². The molecule has 0 aromatic carbocycles. The van der Waals surface area contributed by atoms with Gasteiger partial charge < -0.3 is 19.3 Å². The van der Waals surface area contributed by atoms with Crippen LogP contribution in [0.4, 0.5) is 0 Å². The summed E-state index contributed by atoms with van der Waals surface area (Å²) in [5.41, 5.74) is 2.00. The highest BCUT2D eigenvalue weighted by molar-refractivity contribution is 5.71. The van der Waals surface area contributed by atoms with Gasteiger partial charge in [0.25, 0.3) is 0 Å². The second-order valence-corrected chi connectivity index (χ2v) is 6.92. The SMILES string of the molecule is CCCCC/C=C\CC1=C[C@@H](O)[C@@H](OCOC)/C1=C\C=C\[C@H]1CCC(=O)O1. The molecule has 5 nitrogen and oxygen atoms in total. The quantitative estimate of drug-likeness (QED) is 0.256. The van der Waals surface area contributed by atoms with Crippen molar-refractivity contribution in [1.82, 2.24) is 0 Å². The van der Waals surface area contributed by atoms with E-state index in [1.807, 2.05) is 24.3 Å². The maximum absolute atomic E-state index is 11.2. The molecule has 1 N–H and O–H groups in total. The highest BCUT2D eigenvalue weighted by atomic mass is 16.7. The average Bonchev–Trinajstić information content (AvgIpc) is 3.19. The van der Waals surface area contributed by atoms with Gasteiger partial charge >= 0.3 is 5.97 Å². The zero-order valence-electron chi connectivity index (χ0n) is 16.4. The molecule has 0 amide bonds. The molecular weight excluding hydrogens is 344 g/mol. The Morgan fingerprint density at radius 3 is 2.89 bits per heavy atom. The van der Waals surface area contributed by atoms with E-state index in [9.17, 15) is 9.90 Å². The van der Waals surface area contributed by atoms with E-state index in [0.717, 1.165) is 24.0 Å². The van der Waals surface area contributed by atoms with E-state index in [-0.39, 0.29) is 18.9 Å². The van der Waals surface area contributed by atoms with Gasteiger partial charge in [0.05, 0.1) is 0 Å². The Balaban J connectivity index is 2.00. The Kier molecular flexibility index (Phi) is 9.53. The lowest BCUT2D eigenvalue weighted by Gasteiger charge is -2.18. The van der Waals surface area contributed by atoms with Gasteiger partial charge in [-0.3, -0.25) is 4.79 Å². The summed E-state index contributed by atoms with van der Waals surface area (Å²) in [6.07, 6.45) is 17.3. The number of aliphatic hydroxyl groups is 1. The summed E-state index contributed by atoms with van der Waals surface area (Å²) < 4.78 is 15.9. The Labute approximate surface area is 162 Å². The molecule has 3 atom stereocenters. The molecule has 27 heavy (non-hydrogen) atoms. The minimum atomic E-state index is -0.687. The van der Waals surface area contributed by atoms with Crippen LogP contribution in [0, 0.1) is 0 Å². The number of carbonyl (C=O) groups is 1.